The first-order chi connectivity index (χ1) is 15.3. The van der Waals surface area contributed by atoms with E-state index in [0.717, 1.165) is 5.56 Å². The third kappa shape index (κ3) is 3.56. The number of aromatic nitrogens is 5. The first kappa shape index (κ1) is 21.0. The van der Waals surface area contributed by atoms with Crippen LogP contribution < -0.4 is 0 Å². The highest BCUT2D eigenvalue weighted by atomic mass is 16.3. The summed E-state index contributed by atoms with van der Waals surface area (Å²) >= 11 is 0. The lowest BCUT2D eigenvalue weighted by molar-refractivity contribution is 0.0688. The maximum absolute atomic E-state index is 13.6. The summed E-state index contributed by atoms with van der Waals surface area (Å²) in [6, 6.07) is 5.39. The summed E-state index contributed by atoms with van der Waals surface area (Å²) in [6.45, 7) is 4.84. The van der Waals surface area contributed by atoms with Crippen LogP contribution >= 0.6 is 0 Å². The minimum absolute atomic E-state index is 0.0220. The summed E-state index contributed by atoms with van der Waals surface area (Å²) in [6.07, 6.45) is 3.00. The van der Waals surface area contributed by atoms with Gasteiger partial charge in [0.25, 0.3) is 5.91 Å². The summed E-state index contributed by atoms with van der Waals surface area (Å²) in [4.78, 5) is 30.0. The van der Waals surface area contributed by atoms with Crippen LogP contribution in [0.5, 0.6) is 5.75 Å². The Labute approximate surface area is 184 Å². The predicted octanol–water partition coefficient (Wildman–Crippen LogP) is 1.54. The summed E-state index contributed by atoms with van der Waals surface area (Å²) in [7, 11) is 3.61. The van der Waals surface area contributed by atoms with Gasteiger partial charge in [0.1, 0.15) is 24.0 Å². The van der Waals surface area contributed by atoms with E-state index >= 15 is 0 Å². The first-order valence-electron chi connectivity index (χ1n) is 10.0. The van der Waals surface area contributed by atoms with Crippen LogP contribution in [0.15, 0.2) is 23.5 Å². The number of imidazole rings is 1. The van der Waals surface area contributed by atoms with Crippen molar-refractivity contribution in [3.8, 4) is 17.5 Å². The lowest BCUT2D eigenvalue weighted by Gasteiger charge is -2.27. The fourth-order valence-corrected chi connectivity index (χ4v) is 3.68. The molecule has 3 aromatic rings. The van der Waals surface area contributed by atoms with Crippen molar-refractivity contribution in [2.75, 3.05) is 20.6 Å². The quantitative estimate of drug-likeness (QED) is 0.488. The van der Waals surface area contributed by atoms with E-state index in [-0.39, 0.29) is 35.5 Å². The standard InChI is InChI=1S/C21H23N9O2/c1-13-5-6-16(31)14(2)18(13)30-19(24-12-27(3)4)15(9-22)26-20(30)21(32)28-7-8-29-17(10-28)23-11-25-29/h5-6,11-12,31H,7-8,10H2,1-4H3/b24-12+. The van der Waals surface area contributed by atoms with Crippen LogP contribution in [0.1, 0.15) is 33.3 Å². The van der Waals surface area contributed by atoms with Crippen molar-refractivity contribution in [1.82, 2.24) is 34.1 Å². The molecule has 0 saturated carbocycles. The van der Waals surface area contributed by atoms with Gasteiger partial charge in [-0.05, 0) is 25.5 Å². The van der Waals surface area contributed by atoms with Gasteiger partial charge >= 0.3 is 0 Å². The Bertz CT molecular complexity index is 1260. The number of aryl methyl sites for hydroxylation is 1. The summed E-state index contributed by atoms with van der Waals surface area (Å²) in [5.74, 6) is 0.673. The molecular weight excluding hydrogens is 410 g/mol. The van der Waals surface area contributed by atoms with E-state index in [1.54, 1.807) is 58.5 Å². The van der Waals surface area contributed by atoms with Crippen molar-refractivity contribution in [2.24, 2.45) is 4.99 Å². The van der Waals surface area contributed by atoms with Crippen molar-refractivity contribution >= 4 is 18.1 Å². The summed E-state index contributed by atoms with van der Waals surface area (Å²) < 4.78 is 3.32. The van der Waals surface area contributed by atoms with E-state index in [9.17, 15) is 15.2 Å². The third-order valence-corrected chi connectivity index (χ3v) is 5.29. The van der Waals surface area contributed by atoms with Crippen molar-refractivity contribution in [3.63, 3.8) is 0 Å². The number of rotatable bonds is 4. The van der Waals surface area contributed by atoms with Crippen LogP contribution in [-0.2, 0) is 13.1 Å². The average molecular weight is 433 g/mol. The molecule has 1 amide bonds. The molecular formula is C21H23N9O2. The molecule has 3 heterocycles. The molecule has 11 nitrogen and oxygen atoms in total. The van der Waals surface area contributed by atoms with Crippen molar-refractivity contribution in [2.45, 2.75) is 26.9 Å². The first-order valence-corrected chi connectivity index (χ1v) is 10.0. The highest BCUT2D eigenvalue weighted by Crippen LogP contribution is 2.34. The van der Waals surface area contributed by atoms with Gasteiger partial charge in [0.05, 0.1) is 25.1 Å². The molecule has 1 aliphatic heterocycles. The lowest BCUT2D eigenvalue weighted by Crippen LogP contribution is -2.39. The number of amides is 1. The van der Waals surface area contributed by atoms with Gasteiger partial charge in [-0.15, -0.1) is 0 Å². The summed E-state index contributed by atoms with van der Waals surface area (Å²) in [5, 5.41) is 24.3. The molecule has 0 radical (unpaired) electrons. The van der Waals surface area contributed by atoms with Crippen molar-refractivity contribution in [1.29, 1.82) is 5.26 Å². The van der Waals surface area contributed by atoms with Crippen LogP contribution in [0, 0.1) is 25.2 Å². The fraction of sp³-hybridized carbons (Fsp3) is 0.333. The number of phenolic OH excluding ortho intramolecular Hbond substituents is 1. The van der Waals surface area contributed by atoms with Gasteiger partial charge < -0.3 is 14.9 Å². The number of carbonyl (C=O) groups excluding carboxylic acids is 1. The van der Waals surface area contributed by atoms with Gasteiger partial charge in [0.2, 0.25) is 5.82 Å². The third-order valence-electron chi connectivity index (χ3n) is 5.29. The van der Waals surface area contributed by atoms with Crippen LogP contribution in [0.4, 0.5) is 5.82 Å². The molecule has 2 aromatic heterocycles. The molecule has 1 aliphatic rings. The molecule has 0 fully saturated rings. The number of hydrogen-bond donors (Lipinski definition) is 1. The Morgan fingerprint density at radius 3 is 2.81 bits per heavy atom. The topological polar surface area (TPSA) is 128 Å². The van der Waals surface area contributed by atoms with E-state index in [1.807, 2.05) is 13.0 Å². The van der Waals surface area contributed by atoms with E-state index in [4.69, 9.17) is 0 Å². The molecule has 0 atom stereocenters. The predicted molar refractivity (Wildman–Crippen MR) is 116 cm³/mol. The number of aromatic hydroxyl groups is 1. The molecule has 0 aliphatic carbocycles. The number of aliphatic imine (C=N–C) groups is 1. The zero-order chi connectivity index (χ0) is 23.0. The SMILES string of the molecule is Cc1ccc(O)c(C)c1-n1c(C(=O)N2CCn3ncnc3C2)nc(C#N)c1/N=C/N(C)C. The number of carbonyl (C=O) groups is 1. The van der Waals surface area contributed by atoms with Gasteiger partial charge in [0, 0.05) is 26.2 Å². The second-order valence-corrected chi connectivity index (χ2v) is 7.76. The summed E-state index contributed by atoms with van der Waals surface area (Å²) in [5.41, 5.74) is 1.94. The second kappa shape index (κ2) is 8.14. The highest BCUT2D eigenvalue weighted by molar-refractivity contribution is 5.93. The largest absolute Gasteiger partial charge is 0.508 e. The molecule has 0 spiro atoms. The van der Waals surface area contributed by atoms with Crippen LogP contribution in [0.25, 0.3) is 5.69 Å². The molecule has 1 aromatic carbocycles. The van der Waals surface area contributed by atoms with Gasteiger partial charge in [-0.3, -0.25) is 9.36 Å². The Kier molecular flexibility index (Phi) is 5.36. The lowest BCUT2D eigenvalue weighted by atomic mass is 10.1. The van der Waals surface area contributed by atoms with Gasteiger partial charge in [-0.2, -0.15) is 10.4 Å². The molecule has 0 saturated heterocycles. The Morgan fingerprint density at radius 1 is 1.31 bits per heavy atom. The maximum atomic E-state index is 13.6. The Balaban J connectivity index is 1.91. The van der Waals surface area contributed by atoms with E-state index in [1.165, 1.54) is 6.33 Å². The molecule has 11 heteroatoms. The molecule has 4 rings (SSSR count). The molecule has 0 bridgehead atoms. The minimum atomic E-state index is -0.357. The van der Waals surface area contributed by atoms with E-state index in [0.29, 0.717) is 30.2 Å². The molecule has 0 unspecified atom stereocenters. The van der Waals surface area contributed by atoms with Gasteiger partial charge in [-0.1, -0.05) is 6.07 Å². The minimum Gasteiger partial charge on any atom is -0.508 e. The number of phenols is 1. The molecule has 1 N–H and O–H groups in total. The van der Waals surface area contributed by atoms with Gasteiger partial charge in [-0.25, -0.2) is 19.6 Å². The zero-order valence-corrected chi connectivity index (χ0v) is 18.3. The zero-order valence-electron chi connectivity index (χ0n) is 18.3. The monoisotopic (exact) mass is 433 g/mol. The number of fused-ring (bicyclic) bond motifs is 1. The van der Waals surface area contributed by atoms with Crippen molar-refractivity contribution < 1.29 is 9.90 Å². The van der Waals surface area contributed by atoms with E-state index in [2.05, 4.69) is 20.1 Å². The Morgan fingerprint density at radius 2 is 2.09 bits per heavy atom. The van der Waals surface area contributed by atoms with E-state index < -0.39 is 0 Å². The molecule has 32 heavy (non-hydrogen) atoms. The number of nitriles is 1. The normalized spacial score (nSPS) is 13.3. The number of benzene rings is 1. The maximum Gasteiger partial charge on any atom is 0.290 e. The average Bonchev–Trinajstić information content (AvgIpc) is 3.38. The smallest absolute Gasteiger partial charge is 0.290 e. The van der Waals surface area contributed by atoms with Crippen LogP contribution in [-0.4, -0.2) is 72.1 Å². The molecule has 164 valence electrons. The van der Waals surface area contributed by atoms with Gasteiger partial charge in [0.15, 0.2) is 11.5 Å². The highest BCUT2D eigenvalue weighted by Gasteiger charge is 2.31. The van der Waals surface area contributed by atoms with Crippen molar-refractivity contribution in [3.05, 3.63) is 46.9 Å². The van der Waals surface area contributed by atoms with Crippen LogP contribution in [0.2, 0.25) is 0 Å². The number of nitrogens with zero attached hydrogens (tertiary/aromatic N) is 9. The fourth-order valence-electron chi connectivity index (χ4n) is 3.68. The number of hydrogen-bond acceptors (Lipinski definition) is 7. The Hall–Kier alpha value is -4.20. The second-order valence-electron chi connectivity index (χ2n) is 7.76. The van der Waals surface area contributed by atoms with Crippen LogP contribution in [0.3, 0.4) is 0 Å².